The number of hydrogen-bond acceptors (Lipinski definition) is 3. The molecule has 34 heavy (non-hydrogen) atoms. The molecular weight excluding hydrogens is 422 g/mol. The lowest BCUT2D eigenvalue weighted by Crippen LogP contribution is -2.41. The van der Waals surface area contributed by atoms with Crippen LogP contribution >= 0.6 is 0 Å². The maximum Gasteiger partial charge on any atom is 0.238 e. The number of carbonyl (C=O) groups is 2. The maximum atomic E-state index is 13.9. The summed E-state index contributed by atoms with van der Waals surface area (Å²) in [5, 5.41) is 0. The van der Waals surface area contributed by atoms with Gasteiger partial charge in [-0.1, -0.05) is 72.8 Å². The van der Waals surface area contributed by atoms with Gasteiger partial charge in [-0.25, -0.2) is 4.90 Å². The monoisotopic (exact) mass is 443 g/mol. The van der Waals surface area contributed by atoms with Gasteiger partial charge in [0.2, 0.25) is 11.8 Å². The summed E-state index contributed by atoms with van der Waals surface area (Å²) in [6.07, 6.45) is 0. The number of rotatable bonds is 3. The summed E-state index contributed by atoms with van der Waals surface area (Å²) in [4.78, 5) is 29.2. The van der Waals surface area contributed by atoms with E-state index in [4.69, 9.17) is 4.74 Å². The number of carbonyl (C=O) groups excluding carboxylic acids is 2. The molecule has 164 valence electrons. The first kappa shape index (κ1) is 19.3. The molecule has 1 fully saturated rings. The Balaban J connectivity index is 1.32. The average molecular weight is 444 g/mol. The molecule has 4 nitrogen and oxygen atoms in total. The van der Waals surface area contributed by atoms with Gasteiger partial charge < -0.3 is 4.74 Å². The van der Waals surface area contributed by atoms with Gasteiger partial charge in [-0.2, -0.15) is 0 Å². The van der Waals surface area contributed by atoms with Crippen molar-refractivity contribution >= 4 is 17.5 Å². The zero-order valence-electron chi connectivity index (χ0n) is 18.3. The van der Waals surface area contributed by atoms with E-state index in [2.05, 4.69) is 24.3 Å². The molecule has 1 aliphatic heterocycles. The first-order valence-electron chi connectivity index (χ1n) is 11.6. The lowest BCUT2D eigenvalue weighted by Gasteiger charge is -2.45. The fraction of sp³-hybridized carbons (Fsp3) is 0.133. The van der Waals surface area contributed by atoms with Crippen molar-refractivity contribution in [2.24, 2.45) is 11.8 Å². The number of imide groups is 1. The quantitative estimate of drug-likeness (QED) is 0.372. The summed E-state index contributed by atoms with van der Waals surface area (Å²) in [7, 11) is 0. The van der Waals surface area contributed by atoms with Gasteiger partial charge in [-0.15, -0.1) is 0 Å². The summed E-state index contributed by atoms with van der Waals surface area (Å²) in [6, 6.07) is 33.3. The molecule has 2 atom stereocenters. The Morgan fingerprint density at radius 2 is 1.00 bits per heavy atom. The van der Waals surface area contributed by atoms with Crippen LogP contribution in [0.15, 0.2) is 103 Å². The SMILES string of the molecule is O=C1C2C3c4ccccc4C(c4ccccc43)C2C(=O)N1c1cccc(Oc2ccccc2)c1. The summed E-state index contributed by atoms with van der Waals surface area (Å²) >= 11 is 0. The van der Waals surface area contributed by atoms with Crippen molar-refractivity contribution in [1.82, 2.24) is 0 Å². The minimum absolute atomic E-state index is 0.104. The minimum atomic E-state index is -0.388. The van der Waals surface area contributed by atoms with Gasteiger partial charge in [0.05, 0.1) is 17.5 Å². The second kappa shape index (κ2) is 7.16. The molecule has 1 saturated heterocycles. The summed E-state index contributed by atoms with van der Waals surface area (Å²) in [6.45, 7) is 0. The van der Waals surface area contributed by atoms with E-state index in [9.17, 15) is 9.59 Å². The number of hydrogen-bond donors (Lipinski definition) is 0. The Labute approximate surface area is 197 Å². The van der Waals surface area contributed by atoms with E-state index < -0.39 is 0 Å². The van der Waals surface area contributed by atoms with Gasteiger partial charge >= 0.3 is 0 Å². The first-order chi connectivity index (χ1) is 16.7. The Kier molecular flexibility index (Phi) is 4.06. The van der Waals surface area contributed by atoms with Gasteiger partial charge in [-0.05, 0) is 46.5 Å². The largest absolute Gasteiger partial charge is 0.457 e. The predicted molar refractivity (Wildman–Crippen MR) is 129 cm³/mol. The predicted octanol–water partition coefficient (Wildman–Crippen LogP) is 5.88. The number of benzene rings is 4. The molecule has 4 aromatic rings. The maximum absolute atomic E-state index is 13.9. The van der Waals surface area contributed by atoms with Crippen molar-refractivity contribution in [3.8, 4) is 11.5 Å². The van der Waals surface area contributed by atoms with Crippen LogP contribution in [0.1, 0.15) is 34.1 Å². The van der Waals surface area contributed by atoms with Crippen LogP contribution in [-0.2, 0) is 9.59 Å². The molecule has 3 aliphatic carbocycles. The number of anilines is 1. The summed E-state index contributed by atoms with van der Waals surface area (Å²) in [5.74, 6) is 0.0731. The van der Waals surface area contributed by atoms with Crippen LogP contribution in [0.25, 0.3) is 0 Å². The lowest BCUT2D eigenvalue weighted by atomic mass is 9.55. The van der Waals surface area contributed by atoms with Crippen LogP contribution < -0.4 is 9.64 Å². The highest BCUT2D eigenvalue weighted by molar-refractivity contribution is 6.23. The molecule has 0 aromatic heterocycles. The number of ether oxygens (including phenoxy) is 1. The van der Waals surface area contributed by atoms with E-state index in [0.717, 1.165) is 0 Å². The van der Waals surface area contributed by atoms with Crippen molar-refractivity contribution in [2.75, 3.05) is 4.90 Å². The van der Waals surface area contributed by atoms with Crippen LogP contribution in [0.4, 0.5) is 5.69 Å². The molecule has 8 rings (SSSR count). The molecule has 0 saturated carbocycles. The molecule has 2 unspecified atom stereocenters. The molecule has 0 N–H and O–H groups in total. The van der Waals surface area contributed by atoms with E-state index >= 15 is 0 Å². The number of nitrogens with zero attached hydrogens (tertiary/aromatic N) is 1. The summed E-state index contributed by atoms with van der Waals surface area (Å²) < 4.78 is 5.97. The van der Waals surface area contributed by atoms with Gasteiger partial charge in [-0.3, -0.25) is 9.59 Å². The normalized spacial score (nSPS) is 23.9. The fourth-order valence-corrected chi connectivity index (χ4v) is 6.24. The molecule has 0 spiro atoms. The minimum Gasteiger partial charge on any atom is -0.457 e. The van der Waals surface area contributed by atoms with Crippen LogP contribution in [0, 0.1) is 11.8 Å². The van der Waals surface area contributed by atoms with E-state index in [1.807, 2.05) is 72.8 Å². The van der Waals surface area contributed by atoms with E-state index in [0.29, 0.717) is 17.2 Å². The number of para-hydroxylation sites is 1. The molecule has 4 aromatic carbocycles. The zero-order valence-corrected chi connectivity index (χ0v) is 18.3. The van der Waals surface area contributed by atoms with Crippen molar-refractivity contribution in [3.63, 3.8) is 0 Å². The first-order valence-corrected chi connectivity index (χ1v) is 11.6. The van der Waals surface area contributed by atoms with Gasteiger partial charge in [0.1, 0.15) is 11.5 Å². The molecule has 1 heterocycles. The Morgan fingerprint density at radius 1 is 0.529 bits per heavy atom. The third kappa shape index (κ3) is 2.59. The van der Waals surface area contributed by atoms with Gasteiger partial charge in [0.25, 0.3) is 0 Å². The third-order valence-corrected chi connectivity index (χ3v) is 7.50. The number of amides is 2. The highest BCUT2D eigenvalue weighted by Gasteiger charge is 2.61. The highest BCUT2D eigenvalue weighted by atomic mass is 16.5. The smallest absolute Gasteiger partial charge is 0.238 e. The van der Waals surface area contributed by atoms with Crippen LogP contribution in [0.5, 0.6) is 11.5 Å². The lowest BCUT2D eigenvalue weighted by molar-refractivity contribution is -0.122. The average Bonchev–Trinajstić information content (AvgIpc) is 3.15. The Morgan fingerprint density at radius 3 is 1.53 bits per heavy atom. The molecule has 0 radical (unpaired) electrons. The topological polar surface area (TPSA) is 46.6 Å². The van der Waals surface area contributed by atoms with Gasteiger partial charge in [0.15, 0.2) is 0 Å². The van der Waals surface area contributed by atoms with Gasteiger partial charge in [0, 0.05) is 17.9 Å². The molecule has 2 amide bonds. The fourth-order valence-electron chi connectivity index (χ4n) is 6.24. The van der Waals surface area contributed by atoms with Crippen molar-refractivity contribution in [3.05, 3.63) is 125 Å². The molecule has 4 aliphatic rings. The second-order valence-electron chi connectivity index (χ2n) is 9.19. The standard InChI is InChI=1S/C30H21NO3/c32-29-27-25-21-13-4-5-14-22(21)26(24-16-7-6-15-23(24)25)28(27)30(33)31(29)18-9-8-12-20(17-18)34-19-10-2-1-3-11-19/h1-17,25-28H. The van der Waals surface area contributed by atoms with E-state index in [-0.39, 0.29) is 35.5 Å². The molecule has 4 heteroatoms. The van der Waals surface area contributed by atoms with E-state index in [1.165, 1.54) is 27.2 Å². The molecule has 2 bridgehead atoms. The van der Waals surface area contributed by atoms with Crippen LogP contribution in [0.3, 0.4) is 0 Å². The van der Waals surface area contributed by atoms with Crippen molar-refractivity contribution in [1.29, 1.82) is 0 Å². The van der Waals surface area contributed by atoms with Crippen LogP contribution in [-0.4, -0.2) is 11.8 Å². The van der Waals surface area contributed by atoms with Crippen LogP contribution in [0.2, 0.25) is 0 Å². The molecular formula is C30H21NO3. The van der Waals surface area contributed by atoms with E-state index in [1.54, 1.807) is 6.07 Å². The summed E-state index contributed by atoms with van der Waals surface area (Å²) in [5.41, 5.74) is 5.27. The Bertz CT molecular complexity index is 1350. The Hall–Kier alpha value is -4.18. The zero-order chi connectivity index (χ0) is 22.8. The second-order valence-corrected chi connectivity index (χ2v) is 9.19. The highest BCUT2D eigenvalue weighted by Crippen LogP contribution is 2.61. The van der Waals surface area contributed by atoms with Crippen molar-refractivity contribution < 1.29 is 14.3 Å². The van der Waals surface area contributed by atoms with Crippen molar-refractivity contribution in [2.45, 2.75) is 11.8 Å². The third-order valence-electron chi connectivity index (χ3n) is 7.50.